The summed E-state index contributed by atoms with van der Waals surface area (Å²) in [5.41, 5.74) is 0. The second-order valence-electron chi connectivity index (χ2n) is 1.72. The molecule has 0 amide bonds. The monoisotopic (exact) mass is 142 g/mol. The topological polar surface area (TPSA) is 35.0 Å². The van der Waals surface area contributed by atoms with Crippen molar-refractivity contribution < 1.29 is 9.13 Å². The third kappa shape index (κ3) is 1.65. The molecule has 0 unspecified atom stereocenters. The van der Waals surface area contributed by atoms with Gasteiger partial charge in [0, 0.05) is 0 Å². The maximum absolute atomic E-state index is 11.5. The Bertz CT molecular complexity index is 199. The molecule has 4 heteroatoms. The molecule has 0 aromatic carbocycles. The van der Waals surface area contributed by atoms with Gasteiger partial charge in [0.15, 0.2) is 5.75 Å². The summed E-state index contributed by atoms with van der Waals surface area (Å²) >= 11 is 0. The zero-order valence-corrected chi connectivity index (χ0v) is 5.54. The molecule has 0 bridgehead atoms. The van der Waals surface area contributed by atoms with Gasteiger partial charge in [-0.2, -0.15) is 0 Å². The van der Waals surface area contributed by atoms with Crippen molar-refractivity contribution in [3.63, 3.8) is 0 Å². The zero-order chi connectivity index (χ0) is 7.40. The van der Waals surface area contributed by atoms with Crippen LogP contribution in [0.5, 0.6) is 5.75 Å². The number of aromatic nitrogens is 2. The van der Waals surface area contributed by atoms with Gasteiger partial charge in [0.25, 0.3) is 0 Å². The lowest BCUT2D eigenvalue weighted by atomic mass is 10.6. The van der Waals surface area contributed by atoms with Crippen molar-refractivity contribution in [2.45, 2.75) is 6.92 Å². The number of hydrogen-bond donors (Lipinski definition) is 0. The molecule has 1 rings (SSSR count). The van der Waals surface area contributed by atoms with Gasteiger partial charge >= 0.3 is 0 Å². The molecule has 1 aromatic rings. The molecular weight excluding hydrogens is 135 g/mol. The molecule has 0 aliphatic carbocycles. The van der Waals surface area contributed by atoms with Crippen molar-refractivity contribution in [1.29, 1.82) is 0 Å². The van der Waals surface area contributed by atoms with E-state index in [0.29, 0.717) is 11.6 Å². The van der Waals surface area contributed by atoms with Gasteiger partial charge in [-0.05, 0) is 6.92 Å². The molecular formula is C6H7FN2O. The van der Waals surface area contributed by atoms with Crippen LogP contribution in [-0.2, 0) is 0 Å². The maximum Gasteiger partial charge on any atom is 0.228 e. The molecule has 0 N–H and O–H groups in total. The molecule has 0 radical (unpaired) electrons. The van der Waals surface area contributed by atoms with E-state index in [0.717, 1.165) is 0 Å². The minimum atomic E-state index is -0.841. The van der Waals surface area contributed by atoms with Crippen LogP contribution in [0, 0.1) is 6.92 Å². The highest BCUT2D eigenvalue weighted by Gasteiger charge is 1.91. The van der Waals surface area contributed by atoms with Crippen LogP contribution in [-0.4, -0.2) is 16.8 Å². The average Bonchev–Trinajstić information content (AvgIpc) is 1.95. The Labute approximate surface area is 57.9 Å². The van der Waals surface area contributed by atoms with Gasteiger partial charge in [-0.25, -0.2) is 14.4 Å². The van der Waals surface area contributed by atoms with Gasteiger partial charge in [0.05, 0.1) is 12.4 Å². The summed E-state index contributed by atoms with van der Waals surface area (Å²) in [6.45, 7) is 0.908. The molecule has 10 heavy (non-hydrogen) atoms. The lowest BCUT2D eigenvalue weighted by molar-refractivity contribution is 0.190. The van der Waals surface area contributed by atoms with Crippen LogP contribution in [0.3, 0.4) is 0 Å². The van der Waals surface area contributed by atoms with Crippen LogP contribution >= 0.6 is 0 Å². The fourth-order valence-electron chi connectivity index (χ4n) is 0.518. The quantitative estimate of drug-likeness (QED) is 0.620. The molecule has 0 aliphatic heterocycles. The van der Waals surface area contributed by atoms with E-state index in [-0.39, 0.29) is 0 Å². The smallest absolute Gasteiger partial charge is 0.228 e. The van der Waals surface area contributed by atoms with Crippen LogP contribution < -0.4 is 4.74 Å². The van der Waals surface area contributed by atoms with Crippen molar-refractivity contribution in [2.75, 3.05) is 6.86 Å². The largest absolute Gasteiger partial charge is 0.460 e. The summed E-state index contributed by atoms with van der Waals surface area (Å²) in [4.78, 5) is 7.59. The lowest BCUT2D eigenvalue weighted by Gasteiger charge is -1.97. The molecule has 0 saturated heterocycles. The van der Waals surface area contributed by atoms with Crippen molar-refractivity contribution in [2.24, 2.45) is 0 Å². The molecule has 0 aliphatic rings. The molecule has 1 aromatic heterocycles. The van der Waals surface area contributed by atoms with Crippen LogP contribution in [0.15, 0.2) is 12.4 Å². The number of ether oxygens (including phenoxy) is 1. The number of aryl methyl sites for hydroxylation is 1. The van der Waals surface area contributed by atoms with Crippen LogP contribution in [0.1, 0.15) is 5.82 Å². The van der Waals surface area contributed by atoms with Crippen LogP contribution in [0.4, 0.5) is 4.39 Å². The van der Waals surface area contributed by atoms with Gasteiger partial charge in [-0.3, -0.25) is 0 Å². The minimum absolute atomic E-state index is 0.355. The van der Waals surface area contributed by atoms with E-state index >= 15 is 0 Å². The van der Waals surface area contributed by atoms with Crippen molar-refractivity contribution in [3.8, 4) is 5.75 Å². The van der Waals surface area contributed by atoms with E-state index < -0.39 is 6.86 Å². The van der Waals surface area contributed by atoms with Gasteiger partial charge < -0.3 is 4.74 Å². The van der Waals surface area contributed by atoms with Crippen molar-refractivity contribution in [3.05, 3.63) is 18.2 Å². The summed E-state index contributed by atoms with van der Waals surface area (Å²) in [6.07, 6.45) is 2.86. The first-order valence-corrected chi connectivity index (χ1v) is 2.80. The summed E-state index contributed by atoms with van der Waals surface area (Å²) in [5, 5.41) is 0. The van der Waals surface area contributed by atoms with E-state index in [1.807, 2.05) is 0 Å². The Morgan fingerprint density at radius 1 is 1.50 bits per heavy atom. The minimum Gasteiger partial charge on any atom is -0.460 e. The SMILES string of the molecule is Cc1ncc(OCF)cn1. The Morgan fingerprint density at radius 2 is 2.10 bits per heavy atom. The molecule has 0 saturated carbocycles. The highest BCUT2D eigenvalue weighted by atomic mass is 19.1. The maximum atomic E-state index is 11.5. The molecule has 0 spiro atoms. The number of nitrogens with zero attached hydrogens (tertiary/aromatic N) is 2. The molecule has 0 fully saturated rings. The normalized spacial score (nSPS) is 9.40. The summed E-state index contributed by atoms with van der Waals surface area (Å²) in [6, 6.07) is 0. The first kappa shape index (κ1) is 6.92. The number of hydrogen-bond acceptors (Lipinski definition) is 3. The van der Waals surface area contributed by atoms with E-state index in [1.54, 1.807) is 6.92 Å². The van der Waals surface area contributed by atoms with E-state index in [1.165, 1.54) is 12.4 Å². The Hall–Kier alpha value is -1.19. The second kappa shape index (κ2) is 3.10. The summed E-state index contributed by atoms with van der Waals surface area (Å²) < 4.78 is 16.0. The standard InChI is InChI=1S/C6H7FN2O/c1-5-8-2-6(3-9-5)10-4-7/h2-3H,4H2,1H3. The second-order valence-corrected chi connectivity index (χ2v) is 1.72. The Kier molecular flexibility index (Phi) is 2.15. The first-order chi connectivity index (χ1) is 4.83. The predicted molar refractivity (Wildman–Crippen MR) is 33.4 cm³/mol. The van der Waals surface area contributed by atoms with E-state index in [4.69, 9.17) is 0 Å². The fourth-order valence-corrected chi connectivity index (χ4v) is 0.518. The molecule has 0 atom stereocenters. The zero-order valence-electron chi connectivity index (χ0n) is 5.54. The fraction of sp³-hybridized carbons (Fsp3) is 0.333. The van der Waals surface area contributed by atoms with E-state index in [2.05, 4.69) is 14.7 Å². The highest BCUT2D eigenvalue weighted by molar-refractivity contribution is 5.11. The first-order valence-electron chi connectivity index (χ1n) is 2.80. The lowest BCUT2D eigenvalue weighted by Crippen LogP contribution is -1.93. The van der Waals surface area contributed by atoms with Gasteiger partial charge in [-0.1, -0.05) is 0 Å². The summed E-state index contributed by atoms with van der Waals surface area (Å²) in [5.74, 6) is 0.999. The Balaban J connectivity index is 2.69. The summed E-state index contributed by atoms with van der Waals surface area (Å²) in [7, 11) is 0. The third-order valence-corrected chi connectivity index (χ3v) is 0.978. The highest BCUT2D eigenvalue weighted by Crippen LogP contribution is 2.04. The molecule has 3 nitrogen and oxygen atoms in total. The number of halogens is 1. The Morgan fingerprint density at radius 3 is 2.60 bits per heavy atom. The van der Waals surface area contributed by atoms with Crippen molar-refractivity contribution in [1.82, 2.24) is 9.97 Å². The van der Waals surface area contributed by atoms with Crippen LogP contribution in [0.25, 0.3) is 0 Å². The number of rotatable bonds is 2. The number of alkyl halides is 1. The molecule has 54 valence electrons. The van der Waals surface area contributed by atoms with Gasteiger partial charge in [-0.15, -0.1) is 0 Å². The van der Waals surface area contributed by atoms with Crippen LogP contribution in [0.2, 0.25) is 0 Å². The van der Waals surface area contributed by atoms with Gasteiger partial charge in [0.1, 0.15) is 5.82 Å². The predicted octanol–water partition coefficient (Wildman–Crippen LogP) is 1.09. The third-order valence-electron chi connectivity index (χ3n) is 0.978. The average molecular weight is 142 g/mol. The van der Waals surface area contributed by atoms with Crippen molar-refractivity contribution >= 4 is 0 Å². The van der Waals surface area contributed by atoms with E-state index in [9.17, 15) is 4.39 Å². The van der Waals surface area contributed by atoms with Gasteiger partial charge in [0.2, 0.25) is 6.86 Å². The molecule has 1 heterocycles.